The van der Waals surface area contributed by atoms with E-state index in [0.29, 0.717) is 17.4 Å². The molecule has 0 amide bonds. The molecule has 0 aliphatic heterocycles. The van der Waals surface area contributed by atoms with Crippen LogP contribution in [0, 0.1) is 6.92 Å². The Morgan fingerprint density at radius 3 is 2.89 bits per heavy atom. The van der Waals surface area contributed by atoms with Crippen LogP contribution in [0.4, 0.5) is 0 Å². The highest BCUT2D eigenvalue weighted by Crippen LogP contribution is 2.41. The summed E-state index contributed by atoms with van der Waals surface area (Å²) in [4.78, 5) is 15.1. The Labute approximate surface area is 102 Å². The van der Waals surface area contributed by atoms with Gasteiger partial charge in [-0.15, -0.1) is 5.10 Å². The summed E-state index contributed by atoms with van der Waals surface area (Å²) in [6.07, 6.45) is 1.94. The maximum Gasteiger partial charge on any atom is 0.358 e. The Morgan fingerprint density at radius 1 is 1.56 bits per heavy atom. The summed E-state index contributed by atoms with van der Waals surface area (Å²) in [6, 6.07) is 0. The van der Waals surface area contributed by atoms with Gasteiger partial charge in [0.15, 0.2) is 11.5 Å². The van der Waals surface area contributed by atoms with Crippen LogP contribution in [0.5, 0.6) is 0 Å². The molecule has 0 aromatic carbocycles. The molecule has 0 unspecified atom stereocenters. The number of aryl methyl sites for hydroxylation is 1. The summed E-state index contributed by atoms with van der Waals surface area (Å²) >= 11 is 0. The fourth-order valence-corrected chi connectivity index (χ4v) is 1.88. The monoisotopic (exact) mass is 249 g/mol. The maximum absolute atomic E-state index is 11.1. The molecule has 2 aromatic rings. The predicted octanol–water partition coefficient (Wildman–Crippen LogP) is 0.593. The number of carbonyl (C=O) groups is 1. The highest BCUT2D eigenvalue weighted by molar-refractivity contribution is 5.86. The summed E-state index contributed by atoms with van der Waals surface area (Å²) in [6.45, 7) is 1.98. The maximum atomic E-state index is 11.1. The molecule has 2 aromatic heterocycles. The van der Waals surface area contributed by atoms with Crippen LogP contribution in [0.3, 0.4) is 0 Å². The van der Waals surface area contributed by atoms with Crippen LogP contribution in [-0.4, -0.2) is 36.2 Å². The molecule has 1 aliphatic rings. The van der Waals surface area contributed by atoms with Gasteiger partial charge in [0.2, 0.25) is 5.89 Å². The van der Waals surface area contributed by atoms with E-state index in [-0.39, 0.29) is 18.2 Å². The zero-order valence-electron chi connectivity index (χ0n) is 9.70. The van der Waals surface area contributed by atoms with E-state index >= 15 is 0 Å². The fourth-order valence-electron chi connectivity index (χ4n) is 1.88. The molecular weight excluding hydrogens is 238 g/mol. The van der Waals surface area contributed by atoms with Gasteiger partial charge in [0.25, 0.3) is 0 Å². The van der Waals surface area contributed by atoms with Gasteiger partial charge in [-0.25, -0.2) is 9.48 Å². The van der Waals surface area contributed by atoms with Crippen LogP contribution in [0.2, 0.25) is 0 Å². The largest absolute Gasteiger partial charge is 0.476 e. The van der Waals surface area contributed by atoms with Gasteiger partial charge < -0.3 is 9.63 Å². The van der Waals surface area contributed by atoms with Crippen molar-refractivity contribution in [1.82, 2.24) is 25.1 Å². The second kappa shape index (κ2) is 3.90. The number of hydrogen-bond donors (Lipinski definition) is 1. The molecule has 0 atom stereocenters. The summed E-state index contributed by atoms with van der Waals surface area (Å²) in [5.74, 6) is 0.118. The lowest BCUT2D eigenvalue weighted by atomic mass is 10.2. The Hall–Kier alpha value is -2.25. The Kier molecular flexibility index (Phi) is 2.35. The molecule has 1 saturated carbocycles. The van der Waals surface area contributed by atoms with Crippen molar-refractivity contribution in [2.24, 2.45) is 0 Å². The average molecular weight is 249 g/mol. The van der Waals surface area contributed by atoms with E-state index in [1.165, 1.54) is 4.68 Å². The van der Waals surface area contributed by atoms with Gasteiger partial charge in [-0.3, -0.25) is 0 Å². The van der Waals surface area contributed by atoms with E-state index in [0.717, 1.165) is 12.8 Å². The molecule has 0 spiro atoms. The molecule has 94 valence electrons. The molecule has 8 nitrogen and oxygen atoms in total. The standard InChI is InChI=1S/C10H11N5O3/c1-5-11-7(18-13-5)4-15-9(6-2-3-6)8(10(16)17)12-14-15/h6H,2-4H2,1H3,(H,16,17). The van der Waals surface area contributed by atoms with E-state index in [1.54, 1.807) is 6.92 Å². The molecule has 1 fully saturated rings. The first kappa shape index (κ1) is 10.9. The number of carboxylic acid groups (broad SMARTS) is 1. The number of rotatable bonds is 4. The summed E-state index contributed by atoms with van der Waals surface area (Å²) in [7, 11) is 0. The highest BCUT2D eigenvalue weighted by atomic mass is 16.5. The molecule has 0 bridgehead atoms. The van der Waals surface area contributed by atoms with Crippen molar-refractivity contribution in [3.05, 3.63) is 23.1 Å². The minimum Gasteiger partial charge on any atom is -0.476 e. The van der Waals surface area contributed by atoms with Crippen LogP contribution < -0.4 is 0 Å². The molecule has 3 rings (SSSR count). The van der Waals surface area contributed by atoms with Crippen molar-refractivity contribution in [3.8, 4) is 0 Å². The van der Waals surface area contributed by atoms with Gasteiger partial charge in [0, 0.05) is 5.92 Å². The first-order chi connectivity index (χ1) is 8.65. The van der Waals surface area contributed by atoms with Crippen molar-refractivity contribution in [3.63, 3.8) is 0 Å². The van der Waals surface area contributed by atoms with Crippen molar-refractivity contribution < 1.29 is 14.4 Å². The van der Waals surface area contributed by atoms with Crippen LogP contribution >= 0.6 is 0 Å². The molecule has 8 heteroatoms. The molecule has 0 radical (unpaired) electrons. The van der Waals surface area contributed by atoms with Crippen molar-refractivity contribution in [2.45, 2.75) is 32.2 Å². The molecule has 18 heavy (non-hydrogen) atoms. The van der Waals surface area contributed by atoms with Crippen molar-refractivity contribution in [2.75, 3.05) is 0 Å². The Morgan fingerprint density at radius 2 is 2.33 bits per heavy atom. The van der Waals surface area contributed by atoms with Gasteiger partial charge in [-0.1, -0.05) is 10.4 Å². The first-order valence-corrected chi connectivity index (χ1v) is 5.61. The lowest BCUT2D eigenvalue weighted by molar-refractivity contribution is 0.0689. The fraction of sp³-hybridized carbons (Fsp3) is 0.500. The van der Waals surface area contributed by atoms with Gasteiger partial charge in [-0.2, -0.15) is 4.98 Å². The molecule has 0 saturated heterocycles. The summed E-state index contributed by atoms with van der Waals surface area (Å²) in [5, 5.41) is 20.3. The van der Waals surface area contributed by atoms with Crippen molar-refractivity contribution in [1.29, 1.82) is 0 Å². The molecule has 1 aliphatic carbocycles. The van der Waals surface area contributed by atoms with Crippen LogP contribution in [-0.2, 0) is 6.54 Å². The quantitative estimate of drug-likeness (QED) is 0.844. The topological polar surface area (TPSA) is 107 Å². The molecule has 2 heterocycles. The van der Waals surface area contributed by atoms with Gasteiger partial charge in [-0.05, 0) is 19.8 Å². The highest BCUT2D eigenvalue weighted by Gasteiger charge is 2.34. The van der Waals surface area contributed by atoms with Gasteiger partial charge in [0.05, 0.1) is 5.69 Å². The minimum atomic E-state index is -1.05. The average Bonchev–Trinajstić information content (AvgIpc) is 2.94. The smallest absolute Gasteiger partial charge is 0.358 e. The van der Waals surface area contributed by atoms with Crippen LogP contribution in [0.15, 0.2) is 4.52 Å². The zero-order chi connectivity index (χ0) is 12.7. The van der Waals surface area contributed by atoms with E-state index in [1.807, 2.05) is 0 Å². The number of hydrogen-bond acceptors (Lipinski definition) is 6. The predicted molar refractivity (Wildman–Crippen MR) is 57.1 cm³/mol. The SMILES string of the molecule is Cc1noc(Cn2nnc(C(=O)O)c2C2CC2)n1. The molecular formula is C10H11N5O3. The van der Waals surface area contributed by atoms with E-state index in [2.05, 4.69) is 20.5 Å². The lowest BCUT2D eigenvalue weighted by Gasteiger charge is -2.02. The second-order valence-corrected chi connectivity index (χ2v) is 4.30. The third kappa shape index (κ3) is 1.85. The van der Waals surface area contributed by atoms with E-state index in [4.69, 9.17) is 9.63 Å². The summed E-state index contributed by atoms with van der Waals surface area (Å²) < 4.78 is 6.53. The number of carboxylic acids is 1. The van der Waals surface area contributed by atoms with E-state index < -0.39 is 5.97 Å². The molecule has 1 N–H and O–H groups in total. The Balaban J connectivity index is 1.94. The third-order valence-corrected chi connectivity index (χ3v) is 2.79. The first-order valence-electron chi connectivity index (χ1n) is 5.61. The second-order valence-electron chi connectivity index (χ2n) is 4.30. The zero-order valence-corrected chi connectivity index (χ0v) is 9.70. The Bertz CT molecular complexity index is 598. The summed E-state index contributed by atoms with van der Waals surface area (Å²) in [5.41, 5.74) is 0.673. The number of aromatic nitrogens is 5. The minimum absolute atomic E-state index is 0.0220. The van der Waals surface area contributed by atoms with Gasteiger partial charge >= 0.3 is 5.97 Å². The van der Waals surface area contributed by atoms with Crippen LogP contribution in [0.25, 0.3) is 0 Å². The lowest BCUT2D eigenvalue weighted by Crippen LogP contribution is -2.08. The normalized spacial score (nSPS) is 14.9. The van der Waals surface area contributed by atoms with Gasteiger partial charge in [0.1, 0.15) is 6.54 Å². The van der Waals surface area contributed by atoms with Crippen LogP contribution in [0.1, 0.15) is 46.7 Å². The number of nitrogens with zero attached hydrogens (tertiary/aromatic N) is 5. The van der Waals surface area contributed by atoms with Crippen molar-refractivity contribution >= 4 is 5.97 Å². The van der Waals surface area contributed by atoms with E-state index in [9.17, 15) is 4.79 Å². The third-order valence-electron chi connectivity index (χ3n) is 2.79. The number of aromatic carboxylic acids is 1.